The molecule has 9 nitrogen and oxygen atoms in total. The molecule has 3 rings (SSSR count). The zero-order chi connectivity index (χ0) is 18.8. The number of amidine groups is 1. The molecule has 0 N–H and O–H groups in total. The monoisotopic (exact) mass is 386 g/mol. The maximum absolute atomic E-state index is 11.6. The Balaban J connectivity index is 1.84. The first-order valence-electron chi connectivity index (χ1n) is 8.48. The van der Waals surface area contributed by atoms with Gasteiger partial charge in [0.1, 0.15) is 24.2 Å². The highest BCUT2D eigenvalue weighted by Gasteiger charge is 2.53. The molecular weight excluding hydrogens is 364 g/mol. The molecule has 5 atom stereocenters. The molecule has 0 aromatic heterocycles. The topological polar surface area (TPSA) is 104 Å². The molecule has 0 amide bonds. The maximum atomic E-state index is 11.6. The molecule has 10 heteroatoms. The van der Waals surface area contributed by atoms with E-state index in [9.17, 15) is 14.4 Å². The highest BCUT2D eigenvalue weighted by Crippen LogP contribution is 2.40. The zero-order valence-corrected chi connectivity index (χ0v) is 15.7. The molecule has 0 bridgehead atoms. The van der Waals surface area contributed by atoms with Crippen molar-refractivity contribution in [3.63, 3.8) is 0 Å². The second-order valence-corrected chi connectivity index (χ2v) is 7.42. The Morgan fingerprint density at radius 1 is 1.12 bits per heavy atom. The minimum atomic E-state index is -0.905. The van der Waals surface area contributed by atoms with Crippen LogP contribution in [0.4, 0.5) is 0 Å². The zero-order valence-electron chi connectivity index (χ0n) is 14.9. The van der Waals surface area contributed by atoms with Gasteiger partial charge in [0, 0.05) is 33.9 Å². The molecule has 0 aromatic rings. The second-order valence-electron chi connectivity index (χ2n) is 6.35. The highest BCUT2D eigenvalue weighted by molar-refractivity contribution is 8.14. The van der Waals surface area contributed by atoms with Crippen molar-refractivity contribution in [2.24, 2.45) is 4.99 Å². The largest absolute Gasteiger partial charge is 0.463 e. The summed E-state index contributed by atoms with van der Waals surface area (Å²) >= 11 is 1.45. The summed E-state index contributed by atoms with van der Waals surface area (Å²) in [7, 11) is 0. The summed E-state index contributed by atoms with van der Waals surface area (Å²) in [6.45, 7) is 5.58. The van der Waals surface area contributed by atoms with Crippen LogP contribution in [0.5, 0.6) is 0 Å². The summed E-state index contributed by atoms with van der Waals surface area (Å²) in [5.74, 6) is -1.52. The Kier molecular flexibility index (Phi) is 5.71. The standard InChI is InChI=1S/C16H22N2O7S/c1-8(19)22-7-11-13(23-9(2)20)14(24-10(3)21)12-15(25-11)26-16(17-12)18-5-4-6-18/h11-15H,4-7H2,1-3H3/t11-,12-,13+,14-,15-/m1/s1. The van der Waals surface area contributed by atoms with Gasteiger partial charge in [0.15, 0.2) is 17.4 Å². The van der Waals surface area contributed by atoms with Gasteiger partial charge in [0.25, 0.3) is 0 Å². The van der Waals surface area contributed by atoms with Crippen molar-refractivity contribution in [2.45, 2.75) is 57.0 Å². The molecule has 0 aliphatic carbocycles. The number of nitrogens with zero attached hydrogens (tertiary/aromatic N) is 2. The Bertz CT molecular complexity index is 622. The SMILES string of the molecule is CC(=O)OC[C@H]1O[C@@H]2SC(N3CCC3)=N[C@@H]2[C@@H](OC(C)=O)[C@H]1OC(C)=O. The lowest BCUT2D eigenvalue weighted by Crippen LogP contribution is -2.59. The van der Waals surface area contributed by atoms with Gasteiger partial charge in [-0.2, -0.15) is 0 Å². The fourth-order valence-electron chi connectivity index (χ4n) is 3.04. The Labute approximate surface area is 155 Å². The number of carbonyl (C=O) groups is 3. The number of likely N-dealkylation sites (tertiary alicyclic amines) is 1. The van der Waals surface area contributed by atoms with E-state index in [1.807, 2.05) is 0 Å². The van der Waals surface area contributed by atoms with E-state index in [0.29, 0.717) is 0 Å². The summed E-state index contributed by atoms with van der Waals surface area (Å²) in [5, 5.41) is 0.832. The van der Waals surface area contributed by atoms with Gasteiger partial charge in [0.05, 0.1) is 0 Å². The number of hydrogen-bond acceptors (Lipinski definition) is 10. The Morgan fingerprint density at radius 2 is 1.77 bits per heavy atom. The van der Waals surface area contributed by atoms with Gasteiger partial charge in [-0.05, 0) is 6.42 Å². The molecule has 0 aromatic carbocycles. The molecule has 3 heterocycles. The van der Waals surface area contributed by atoms with Gasteiger partial charge in [-0.25, -0.2) is 0 Å². The van der Waals surface area contributed by atoms with Gasteiger partial charge < -0.3 is 23.8 Å². The van der Waals surface area contributed by atoms with Crippen LogP contribution in [0, 0.1) is 0 Å². The highest BCUT2D eigenvalue weighted by atomic mass is 32.2. The van der Waals surface area contributed by atoms with Gasteiger partial charge in [-0.3, -0.25) is 19.4 Å². The lowest BCUT2D eigenvalue weighted by molar-refractivity contribution is -0.208. The van der Waals surface area contributed by atoms with Crippen LogP contribution in [0.2, 0.25) is 0 Å². The third-order valence-corrected chi connectivity index (χ3v) is 5.47. The molecule has 0 unspecified atom stereocenters. The lowest BCUT2D eigenvalue weighted by atomic mass is 9.98. The van der Waals surface area contributed by atoms with Crippen LogP contribution >= 0.6 is 11.8 Å². The van der Waals surface area contributed by atoms with Crippen LogP contribution in [0.15, 0.2) is 4.99 Å². The normalized spacial score (nSPS) is 32.8. The predicted molar refractivity (Wildman–Crippen MR) is 91.4 cm³/mol. The van der Waals surface area contributed by atoms with Gasteiger partial charge in [-0.1, -0.05) is 11.8 Å². The van der Waals surface area contributed by atoms with E-state index in [1.165, 1.54) is 32.5 Å². The van der Waals surface area contributed by atoms with E-state index in [-0.39, 0.29) is 6.61 Å². The van der Waals surface area contributed by atoms with Crippen molar-refractivity contribution in [3.8, 4) is 0 Å². The first kappa shape index (κ1) is 19.0. The van der Waals surface area contributed by atoms with Crippen LogP contribution in [0.3, 0.4) is 0 Å². The van der Waals surface area contributed by atoms with Crippen LogP contribution in [0.1, 0.15) is 27.2 Å². The minimum Gasteiger partial charge on any atom is -0.463 e. The first-order valence-corrected chi connectivity index (χ1v) is 9.36. The first-order chi connectivity index (χ1) is 12.3. The molecule has 3 aliphatic heterocycles. The van der Waals surface area contributed by atoms with Crippen molar-refractivity contribution in [2.75, 3.05) is 19.7 Å². The van der Waals surface area contributed by atoms with Gasteiger partial charge >= 0.3 is 17.9 Å². The summed E-state index contributed by atoms with van der Waals surface area (Å²) in [6.07, 6.45) is -1.35. The summed E-state index contributed by atoms with van der Waals surface area (Å²) in [6, 6.07) is -0.488. The van der Waals surface area contributed by atoms with E-state index in [2.05, 4.69) is 9.89 Å². The molecule has 144 valence electrons. The molecule has 0 spiro atoms. The predicted octanol–water partition coefficient (Wildman–Crippen LogP) is 0.315. The Morgan fingerprint density at radius 3 is 2.31 bits per heavy atom. The minimum absolute atomic E-state index is 0.103. The van der Waals surface area contributed by atoms with E-state index in [0.717, 1.165) is 24.7 Å². The third-order valence-electron chi connectivity index (χ3n) is 4.28. The number of carbonyl (C=O) groups excluding carboxylic acids is 3. The number of aliphatic imine (C=N–C) groups is 1. The summed E-state index contributed by atoms with van der Waals surface area (Å²) in [4.78, 5) is 41.2. The van der Waals surface area contributed by atoms with Gasteiger partial charge in [-0.15, -0.1) is 0 Å². The van der Waals surface area contributed by atoms with E-state index < -0.39 is 47.7 Å². The van der Waals surface area contributed by atoms with E-state index in [4.69, 9.17) is 18.9 Å². The molecule has 2 fully saturated rings. The molecule has 3 aliphatic rings. The number of fused-ring (bicyclic) bond motifs is 1. The van der Waals surface area contributed by atoms with Crippen LogP contribution in [0.25, 0.3) is 0 Å². The van der Waals surface area contributed by atoms with Crippen LogP contribution in [-0.4, -0.2) is 77.5 Å². The number of hydrogen-bond donors (Lipinski definition) is 0. The number of esters is 3. The molecule has 0 saturated carbocycles. The second kappa shape index (κ2) is 7.83. The van der Waals surface area contributed by atoms with Gasteiger partial charge in [0.2, 0.25) is 0 Å². The molecule has 0 radical (unpaired) electrons. The van der Waals surface area contributed by atoms with Crippen molar-refractivity contribution in [3.05, 3.63) is 0 Å². The molecular formula is C16H22N2O7S. The molecule has 26 heavy (non-hydrogen) atoms. The average molecular weight is 386 g/mol. The van der Waals surface area contributed by atoms with Crippen LogP contribution < -0.4 is 0 Å². The van der Waals surface area contributed by atoms with Crippen molar-refractivity contribution in [1.29, 1.82) is 0 Å². The summed E-state index contributed by atoms with van der Waals surface area (Å²) < 4.78 is 21.9. The lowest BCUT2D eigenvalue weighted by Gasteiger charge is -2.41. The third kappa shape index (κ3) is 4.12. The number of thioether (sulfide) groups is 1. The van der Waals surface area contributed by atoms with E-state index in [1.54, 1.807) is 0 Å². The smallest absolute Gasteiger partial charge is 0.303 e. The number of rotatable bonds is 4. The van der Waals surface area contributed by atoms with Crippen molar-refractivity contribution < 1.29 is 33.3 Å². The summed E-state index contributed by atoms with van der Waals surface area (Å²) in [5.41, 5.74) is -0.401. The van der Waals surface area contributed by atoms with E-state index >= 15 is 0 Å². The van der Waals surface area contributed by atoms with Crippen LogP contribution in [-0.2, 0) is 33.3 Å². The fourth-order valence-corrected chi connectivity index (χ4v) is 4.32. The average Bonchev–Trinajstić information content (AvgIpc) is 2.88. The maximum Gasteiger partial charge on any atom is 0.303 e. The van der Waals surface area contributed by atoms with Crippen molar-refractivity contribution in [1.82, 2.24) is 4.90 Å². The Hall–Kier alpha value is -1.81. The van der Waals surface area contributed by atoms with Crippen molar-refractivity contribution >= 4 is 34.8 Å². The fraction of sp³-hybridized carbons (Fsp3) is 0.750. The molecule has 2 saturated heterocycles. The quantitative estimate of drug-likeness (QED) is 0.499. The number of ether oxygens (including phenoxy) is 4.